The van der Waals surface area contributed by atoms with E-state index in [-0.39, 0.29) is 24.6 Å². The topological polar surface area (TPSA) is 41.6 Å². The fourth-order valence-electron chi connectivity index (χ4n) is 2.30. The van der Waals surface area contributed by atoms with Gasteiger partial charge in [0.2, 0.25) is 5.91 Å². The summed E-state index contributed by atoms with van der Waals surface area (Å²) in [5.74, 6) is -0.475. The Morgan fingerprint density at radius 3 is 2.50 bits per heavy atom. The van der Waals surface area contributed by atoms with E-state index in [0.717, 1.165) is 0 Å². The first kappa shape index (κ1) is 20.1. The molecule has 0 fully saturated rings. The number of amides is 1. The molecule has 0 saturated carbocycles. The lowest BCUT2D eigenvalue weighted by atomic mass is 10.2. The Bertz CT molecular complexity index is 753. The van der Waals surface area contributed by atoms with Crippen molar-refractivity contribution >= 4 is 23.2 Å². The molecule has 0 aliphatic carbocycles. The van der Waals surface area contributed by atoms with Gasteiger partial charge in [-0.05, 0) is 25.2 Å². The second-order valence-corrected chi connectivity index (χ2v) is 6.08. The molecule has 0 atom stereocenters. The summed E-state index contributed by atoms with van der Waals surface area (Å²) in [4.78, 5) is 13.7. The Morgan fingerprint density at radius 2 is 1.81 bits per heavy atom. The van der Waals surface area contributed by atoms with E-state index in [9.17, 15) is 18.0 Å². The molecule has 1 N–H and O–H groups in total. The molecule has 26 heavy (non-hydrogen) atoms. The summed E-state index contributed by atoms with van der Waals surface area (Å²) in [6.07, 6.45) is -4.58. The molecule has 0 spiro atoms. The van der Waals surface area contributed by atoms with Gasteiger partial charge in [-0.25, -0.2) is 0 Å². The highest BCUT2D eigenvalue weighted by Gasteiger charge is 2.32. The summed E-state index contributed by atoms with van der Waals surface area (Å²) in [6, 6.07) is 12.8. The van der Waals surface area contributed by atoms with Crippen LogP contribution in [0.1, 0.15) is 12.0 Å². The molecule has 4 nitrogen and oxygen atoms in total. The highest BCUT2D eigenvalue weighted by Crippen LogP contribution is 2.27. The van der Waals surface area contributed by atoms with Gasteiger partial charge in [-0.2, -0.15) is 0 Å². The molecule has 8 heteroatoms. The van der Waals surface area contributed by atoms with Gasteiger partial charge in [-0.1, -0.05) is 41.9 Å². The predicted octanol–water partition coefficient (Wildman–Crippen LogP) is 4.70. The maximum Gasteiger partial charge on any atom is 0.573 e. The molecular weight excluding hydrogens is 369 g/mol. The molecule has 0 unspecified atom stereocenters. The molecule has 0 radical (unpaired) electrons. The number of carbonyl (C=O) groups is 1. The maximum absolute atomic E-state index is 12.5. The fourth-order valence-corrected chi connectivity index (χ4v) is 2.48. The quantitative estimate of drug-likeness (QED) is 0.750. The molecule has 2 rings (SSSR count). The number of rotatable bonds is 7. The second-order valence-electron chi connectivity index (χ2n) is 5.67. The Hall–Kier alpha value is -2.25. The van der Waals surface area contributed by atoms with Crippen LogP contribution in [0.4, 0.5) is 18.9 Å². The largest absolute Gasteiger partial charge is 0.573 e. The number of alkyl halides is 3. The minimum atomic E-state index is -4.75. The molecule has 2 aromatic rings. The first-order valence-electron chi connectivity index (χ1n) is 7.81. The first-order chi connectivity index (χ1) is 12.2. The third-order valence-electron chi connectivity index (χ3n) is 3.51. The lowest BCUT2D eigenvalue weighted by Crippen LogP contribution is -2.25. The predicted molar refractivity (Wildman–Crippen MR) is 94.2 cm³/mol. The van der Waals surface area contributed by atoms with E-state index in [1.54, 1.807) is 48.3 Å². The van der Waals surface area contributed by atoms with Crippen LogP contribution in [-0.4, -0.2) is 30.8 Å². The van der Waals surface area contributed by atoms with Crippen molar-refractivity contribution in [2.24, 2.45) is 0 Å². The molecule has 0 heterocycles. The third kappa shape index (κ3) is 6.57. The van der Waals surface area contributed by atoms with Crippen LogP contribution in [0.5, 0.6) is 5.75 Å². The Balaban J connectivity index is 1.88. The van der Waals surface area contributed by atoms with Crippen LogP contribution in [-0.2, 0) is 11.3 Å². The normalized spacial score (nSPS) is 11.5. The number of anilines is 1. The maximum atomic E-state index is 12.5. The number of nitrogens with one attached hydrogen (secondary N) is 1. The molecule has 0 bridgehead atoms. The molecular formula is C18H18ClF3N2O2. The molecule has 0 saturated heterocycles. The summed E-state index contributed by atoms with van der Waals surface area (Å²) in [6.45, 7) is 0.572. The molecule has 0 aliphatic rings. The van der Waals surface area contributed by atoms with Gasteiger partial charge >= 0.3 is 6.36 Å². The van der Waals surface area contributed by atoms with Crippen LogP contribution in [0.2, 0.25) is 5.02 Å². The van der Waals surface area contributed by atoms with Crippen LogP contribution < -0.4 is 10.1 Å². The van der Waals surface area contributed by atoms with E-state index in [0.29, 0.717) is 22.8 Å². The zero-order chi connectivity index (χ0) is 19.2. The fraction of sp³-hybridized carbons (Fsp3) is 0.278. The van der Waals surface area contributed by atoms with Crippen molar-refractivity contribution in [3.8, 4) is 5.75 Å². The minimum absolute atomic E-state index is 0.171. The number of carbonyl (C=O) groups excluding carboxylic acids is 1. The zero-order valence-electron chi connectivity index (χ0n) is 14.0. The van der Waals surface area contributed by atoms with Gasteiger partial charge in [0, 0.05) is 25.1 Å². The third-order valence-corrected chi connectivity index (χ3v) is 3.84. The number of ether oxygens (including phenoxy) is 1. The number of nitrogens with zero attached hydrogens (tertiary/aromatic N) is 1. The van der Waals surface area contributed by atoms with Crippen LogP contribution in [0.3, 0.4) is 0 Å². The Labute approximate surface area is 154 Å². The van der Waals surface area contributed by atoms with E-state index < -0.39 is 6.36 Å². The molecule has 140 valence electrons. The standard InChI is InChI=1S/C18H18ClF3N2O2/c1-24(11-10-17(25)23-15-8-4-3-7-14(15)19)12-13-6-2-5-9-16(13)26-18(20,21)22/h2-9H,10-12H2,1H3,(H,23,25). The Morgan fingerprint density at radius 1 is 1.15 bits per heavy atom. The molecule has 2 aromatic carbocycles. The van der Waals surface area contributed by atoms with Crippen molar-refractivity contribution in [1.29, 1.82) is 0 Å². The van der Waals surface area contributed by atoms with Crippen molar-refractivity contribution in [3.05, 3.63) is 59.1 Å². The van der Waals surface area contributed by atoms with E-state index in [2.05, 4.69) is 10.1 Å². The summed E-state index contributed by atoms with van der Waals surface area (Å²) in [7, 11) is 1.72. The van der Waals surface area contributed by atoms with Gasteiger partial charge in [-0.15, -0.1) is 13.2 Å². The van der Waals surface area contributed by atoms with E-state index in [1.165, 1.54) is 12.1 Å². The summed E-state index contributed by atoms with van der Waals surface area (Å²) in [5.41, 5.74) is 0.907. The average molecular weight is 387 g/mol. The highest BCUT2D eigenvalue weighted by atomic mass is 35.5. The second kappa shape index (κ2) is 8.91. The van der Waals surface area contributed by atoms with Crippen molar-refractivity contribution < 1.29 is 22.7 Å². The Kier molecular flexibility index (Phi) is 6.88. The van der Waals surface area contributed by atoms with E-state index >= 15 is 0 Å². The number of hydrogen-bond acceptors (Lipinski definition) is 3. The van der Waals surface area contributed by atoms with Crippen LogP contribution in [0, 0.1) is 0 Å². The summed E-state index contributed by atoms with van der Waals surface area (Å²) < 4.78 is 41.4. The van der Waals surface area contributed by atoms with Gasteiger partial charge < -0.3 is 15.0 Å². The van der Waals surface area contributed by atoms with Crippen LogP contribution >= 0.6 is 11.6 Å². The minimum Gasteiger partial charge on any atom is -0.405 e. The summed E-state index contributed by atoms with van der Waals surface area (Å²) in [5, 5.41) is 3.14. The SMILES string of the molecule is CN(CCC(=O)Nc1ccccc1Cl)Cc1ccccc1OC(F)(F)F. The number of benzene rings is 2. The molecule has 0 aliphatic heterocycles. The summed E-state index contributed by atoms with van der Waals surface area (Å²) >= 11 is 5.98. The van der Waals surface area contributed by atoms with Crippen molar-refractivity contribution in [2.45, 2.75) is 19.3 Å². The number of hydrogen-bond donors (Lipinski definition) is 1. The van der Waals surface area contributed by atoms with Crippen molar-refractivity contribution in [3.63, 3.8) is 0 Å². The van der Waals surface area contributed by atoms with Gasteiger partial charge in [0.15, 0.2) is 0 Å². The lowest BCUT2D eigenvalue weighted by molar-refractivity contribution is -0.275. The molecule has 1 amide bonds. The lowest BCUT2D eigenvalue weighted by Gasteiger charge is -2.19. The number of para-hydroxylation sites is 2. The van der Waals surface area contributed by atoms with Gasteiger partial charge in [0.25, 0.3) is 0 Å². The van der Waals surface area contributed by atoms with E-state index in [1.807, 2.05) is 0 Å². The van der Waals surface area contributed by atoms with Gasteiger partial charge in [0.1, 0.15) is 5.75 Å². The molecule has 0 aromatic heterocycles. The van der Waals surface area contributed by atoms with Crippen molar-refractivity contribution in [1.82, 2.24) is 4.90 Å². The average Bonchev–Trinajstić information content (AvgIpc) is 2.56. The van der Waals surface area contributed by atoms with Crippen LogP contribution in [0.15, 0.2) is 48.5 Å². The highest BCUT2D eigenvalue weighted by molar-refractivity contribution is 6.33. The van der Waals surface area contributed by atoms with E-state index in [4.69, 9.17) is 11.6 Å². The monoisotopic (exact) mass is 386 g/mol. The van der Waals surface area contributed by atoms with Crippen LogP contribution in [0.25, 0.3) is 0 Å². The van der Waals surface area contributed by atoms with Crippen molar-refractivity contribution in [2.75, 3.05) is 18.9 Å². The van der Waals surface area contributed by atoms with Gasteiger partial charge in [-0.3, -0.25) is 4.79 Å². The van der Waals surface area contributed by atoms with Gasteiger partial charge in [0.05, 0.1) is 10.7 Å². The smallest absolute Gasteiger partial charge is 0.405 e. The number of halogens is 4. The first-order valence-corrected chi connectivity index (χ1v) is 8.19. The zero-order valence-corrected chi connectivity index (χ0v) is 14.8.